The van der Waals surface area contributed by atoms with E-state index in [1.165, 1.54) is 0 Å². The summed E-state index contributed by atoms with van der Waals surface area (Å²) in [6.07, 6.45) is 0.521. The summed E-state index contributed by atoms with van der Waals surface area (Å²) in [5.74, 6) is -3.88. The molecule has 0 spiro atoms. The largest absolute Gasteiger partial charge is 0.453 e. The van der Waals surface area contributed by atoms with Crippen molar-refractivity contribution in [3.8, 4) is 0 Å². The van der Waals surface area contributed by atoms with E-state index in [1.807, 2.05) is 30.3 Å². The van der Waals surface area contributed by atoms with Crippen LogP contribution in [0.2, 0.25) is 0 Å². The SMILES string of the molecule is CC(=O)OC(C(=O)C=CC(=O)CCCOCCOCCO)C(Cc1ccccc1)C(=O)N1C(=O)OCC1Cc1ccccc1. The van der Waals surface area contributed by atoms with Crippen molar-refractivity contribution in [2.75, 3.05) is 39.6 Å². The van der Waals surface area contributed by atoms with E-state index in [0.29, 0.717) is 38.2 Å². The van der Waals surface area contributed by atoms with Gasteiger partial charge in [-0.2, -0.15) is 0 Å². The fraction of sp³-hybridized carbons (Fsp3) is 0.424. The summed E-state index contributed by atoms with van der Waals surface area (Å²) in [4.78, 5) is 65.9. The highest BCUT2D eigenvalue weighted by Crippen LogP contribution is 2.26. The first-order valence-corrected chi connectivity index (χ1v) is 14.6. The summed E-state index contributed by atoms with van der Waals surface area (Å²) in [5.41, 5.74) is 1.58. The predicted molar refractivity (Wildman–Crippen MR) is 158 cm³/mol. The molecule has 11 heteroatoms. The monoisotopic (exact) mass is 609 g/mol. The van der Waals surface area contributed by atoms with Crippen molar-refractivity contribution in [2.24, 2.45) is 5.92 Å². The van der Waals surface area contributed by atoms with Gasteiger partial charge >= 0.3 is 12.1 Å². The van der Waals surface area contributed by atoms with Crippen LogP contribution in [0.3, 0.4) is 0 Å². The van der Waals surface area contributed by atoms with Gasteiger partial charge in [0.2, 0.25) is 5.91 Å². The maximum absolute atomic E-state index is 14.1. The maximum atomic E-state index is 14.1. The van der Waals surface area contributed by atoms with E-state index in [4.69, 9.17) is 24.1 Å². The van der Waals surface area contributed by atoms with Gasteiger partial charge in [0, 0.05) is 20.0 Å². The highest BCUT2D eigenvalue weighted by Gasteiger charge is 2.45. The third-order valence-corrected chi connectivity index (χ3v) is 6.82. The molecule has 0 aliphatic carbocycles. The maximum Gasteiger partial charge on any atom is 0.416 e. The number of aliphatic hydroxyl groups is 1. The number of hydrogen-bond donors (Lipinski definition) is 1. The molecule has 2 amide bonds. The molecule has 1 N–H and O–H groups in total. The molecule has 1 heterocycles. The predicted octanol–water partition coefficient (Wildman–Crippen LogP) is 2.87. The Bertz CT molecular complexity index is 1260. The summed E-state index contributed by atoms with van der Waals surface area (Å²) >= 11 is 0. The number of ether oxygens (including phenoxy) is 4. The van der Waals surface area contributed by atoms with E-state index in [0.717, 1.165) is 29.5 Å². The average Bonchev–Trinajstić information content (AvgIpc) is 3.38. The van der Waals surface area contributed by atoms with Gasteiger partial charge in [-0.05, 0) is 42.5 Å². The van der Waals surface area contributed by atoms with Gasteiger partial charge in [-0.1, -0.05) is 60.7 Å². The van der Waals surface area contributed by atoms with E-state index < -0.39 is 41.8 Å². The number of ketones is 2. The van der Waals surface area contributed by atoms with Crippen LogP contribution in [-0.2, 0) is 51.0 Å². The molecule has 1 fully saturated rings. The summed E-state index contributed by atoms with van der Waals surface area (Å²) < 4.78 is 21.1. The number of benzene rings is 2. The molecule has 0 bridgehead atoms. The number of nitrogens with zero attached hydrogens (tertiary/aromatic N) is 1. The van der Waals surface area contributed by atoms with Gasteiger partial charge in [-0.25, -0.2) is 9.69 Å². The Labute approximate surface area is 256 Å². The van der Waals surface area contributed by atoms with E-state index in [-0.39, 0.29) is 38.4 Å². The first-order chi connectivity index (χ1) is 21.3. The zero-order valence-corrected chi connectivity index (χ0v) is 24.8. The van der Waals surface area contributed by atoms with Gasteiger partial charge in [0.05, 0.1) is 38.4 Å². The van der Waals surface area contributed by atoms with Crippen molar-refractivity contribution in [1.82, 2.24) is 4.90 Å². The quantitative estimate of drug-likeness (QED) is 0.143. The Kier molecular flexibility index (Phi) is 14.4. The van der Waals surface area contributed by atoms with Crippen molar-refractivity contribution in [3.63, 3.8) is 0 Å². The molecule has 236 valence electrons. The third kappa shape index (κ3) is 11.1. The van der Waals surface area contributed by atoms with Crippen molar-refractivity contribution in [2.45, 2.75) is 44.8 Å². The van der Waals surface area contributed by atoms with Crippen LogP contribution in [0.4, 0.5) is 4.79 Å². The second-order valence-electron chi connectivity index (χ2n) is 10.2. The number of carbonyl (C=O) groups excluding carboxylic acids is 5. The molecule has 0 radical (unpaired) electrons. The first kappa shape index (κ1) is 34.3. The molecule has 11 nitrogen and oxygen atoms in total. The van der Waals surface area contributed by atoms with Crippen molar-refractivity contribution in [1.29, 1.82) is 0 Å². The molecular weight excluding hydrogens is 570 g/mol. The Balaban J connectivity index is 1.75. The van der Waals surface area contributed by atoms with Gasteiger partial charge in [-0.3, -0.25) is 19.2 Å². The molecule has 3 atom stereocenters. The third-order valence-electron chi connectivity index (χ3n) is 6.82. The van der Waals surface area contributed by atoms with E-state index in [2.05, 4.69) is 0 Å². The van der Waals surface area contributed by atoms with Crippen LogP contribution < -0.4 is 0 Å². The normalized spacial score (nSPS) is 16.0. The number of aliphatic hydroxyl groups excluding tert-OH is 1. The van der Waals surface area contributed by atoms with E-state index >= 15 is 0 Å². The fourth-order valence-electron chi connectivity index (χ4n) is 4.74. The lowest BCUT2D eigenvalue weighted by Crippen LogP contribution is -2.49. The smallest absolute Gasteiger partial charge is 0.416 e. The molecule has 1 saturated heterocycles. The molecule has 0 saturated carbocycles. The number of amides is 2. The number of rotatable bonds is 19. The van der Waals surface area contributed by atoms with Crippen LogP contribution in [0.25, 0.3) is 0 Å². The van der Waals surface area contributed by atoms with Gasteiger partial charge in [0.15, 0.2) is 17.7 Å². The van der Waals surface area contributed by atoms with Gasteiger partial charge < -0.3 is 24.1 Å². The molecule has 44 heavy (non-hydrogen) atoms. The average molecular weight is 610 g/mol. The zero-order valence-electron chi connectivity index (χ0n) is 24.8. The Morgan fingerprint density at radius 3 is 2.20 bits per heavy atom. The topological polar surface area (TPSA) is 146 Å². The Morgan fingerprint density at radius 2 is 1.57 bits per heavy atom. The standard InChI is InChI=1S/C33H39NO10/c1-24(36)44-31(30(38)15-14-28(37)13-8-17-41-19-20-42-18-16-35)29(22-26-11-6-3-7-12-26)32(39)34-27(23-43-33(34)40)21-25-9-4-2-5-10-25/h2-7,9-12,14-15,27,29,31,35H,8,13,16-23H2,1H3. The van der Waals surface area contributed by atoms with Crippen LogP contribution in [0.5, 0.6) is 0 Å². The number of allylic oxidation sites excluding steroid dienone is 1. The minimum absolute atomic E-state index is 0.00760. The van der Waals surface area contributed by atoms with Gasteiger partial charge in [0.1, 0.15) is 6.61 Å². The van der Waals surface area contributed by atoms with Crippen LogP contribution >= 0.6 is 0 Å². The van der Waals surface area contributed by atoms with Crippen molar-refractivity contribution < 1.29 is 48.0 Å². The number of cyclic esters (lactones) is 1. The first-order valence-electron chi connectivity index (χ1n) is 14.6. The lowest BCUT2D eigenvalue weighted by molar-refractivity contribution is -0.158. The number of imide groups is 1. The number of carbonyl (C=O) groups is 5. The summed E-state index contributed by atoms with van der Waals surface area (Å²) in [5, 5.41) is 8.68. The molecular formula is C33H39NO10. The summed E-state index contributed by atoms with van der Waals surface area (Å²) in [6.45, 7) is 2.21. The highest BCUT2D eigenvalue weighted by atomic mass is 16.6. The lowest BCUT2D eigenvalue weighted by Gasteiger charge is -2.29. The molecule has 2 aromatic carbocycles. The minimum atomic E-state index is -1.59. The fourth-order valence-corrected chi connectivity index (χ4v) is 4.74. The Morgan fingerprint density at radius 1 is 0.932 bits per heavy atom. The van der Waals surface area contributed by atoms with E-state index in [1.54, 1.807) is 30.3 Å². The van der Waals surface area contributed by atoms with Crippen molar-refractivity contribution in [3.05, 3.63) is 83.9 Å². The van der Waals surface area contributed by atoms with Crippen LogP contribution in [0, 0.1) is 5.92 Å². The number of hydrogen-bond acceptors (Lipinski definition) is 10. The number of esters is 1. The van der Waals surface area contributed by atoms with Gasteiger partial charge in [0.25, 0.3) is 0 Å². The van der Waals surface area contributed by atoms with Crippen LogP contribution in [-0.4, -0.2) is 91.3 Å². The second kappa shape index (κ2) is 18.5. The van der Waals surface area contributed by atoms with Crippen LogP contribution in [0.15, 0.2) is 72.8 Å². The lowest BCUT2D eigenvalue weighted by atomic mass is 9.89. The summed E-state index contributed by atoms with van der Waals surface area (Å²) in [6, 6.07) is 17.6. The van der Waals surface area contributed by atoms with Gasteiger partial charge in [-0.15, -0.1) is 0 Å². The molecule has 1 aliphatic heterocycles. The second-order valence-corrected chi connectivity index (χ2v) is 10.2. The van der Waals surface area contributed by atoms with Crippen molar-refractivity contribution >= 4 is 29.5 Å². The summed E-state index contributed by atoms with van der Waals surface area (Å²) in [7, 11) is 0. The molecule has 3 unspecified atom stereocenters. The minimum Gasteiger partial charge on any atom is -0.453 e. The Hall–Kier alpha value is -4.19. The van der Waals surface area contributed by atoms with Crippen LogP contribution in [0.1, 0.15) is 30.9 Å². The molecule has 1 aliphatic rings. The zero-order chi connectivity index (χ0) is 31.7. The molecule has 3 rings (SSSR count). The molecule has 2 aromatic rings. The van der Waals surface area contributed by atoms with E-state index in [9.17, 15) is 24.0 Å². The molecule has 0 aromatic heterocycles. The highest BCUT2D eigenvalue weighted by molar-refractivity contribution is 6.04.